The van der Waals surface area contributed by atoms with Crippen LogP contribution in [0.1, 0.15) is 13.3 Å². The van der Waals surface area contributed by atoms with Crippen molar-refractivity contribution in [2.75, 3.05) is 26.7 Å². The molecule has 0 heterocycles. The van der Waals surface area contributed by atoms with Gasteiger partial charge in [0.25, 0.3) is 0 Å². The number of rotatable bonds is 6. The maximum Gasteiger partial charge on any atom is 0.191 e. The van der Waals surface area contributed by atoms with Gasteiger partial charge in [0.05, 0.1) is 6.54 Å². The molecule has 1 aromatic carbocycles. The van der Waals surface area contributed by atoms with E-state index in [4.69, 9.17) is 4.74 Å². The van der Waals surface area contributed by atoms with Crippen molar-refractivity contribution in [1.82, 2.24) is 10.6 Å². The number of hydrogen-bond acceptors (Lipinski definition) is 2. The quantitative estimate of drug-likeness (QED) is 0.472. The molecule has 0 bridgehead atoms. The second kappa shape index (κ2) is 8.29. The molecular formula is C13H19F2N3O. The zero-order valence-electron chi connectivity index (χ0n) is 11.2. The number of nitrogens with zero attached hydrogens (tertiary/aromatic N) is 1. The van der Waals surface area contributed by atoms with E-state index in [0.717, 1.165) is 25.1 Å². The van der Waals surface area contributed by atoms with Gasteiger partial charge in [-0.1, -0.05) is 6.92 Å². The summed E-state index contributed by atoms with van der Waals surface area (Å²) in [5.74, 6) is -0.606. The van der Waals surface area contributed by atoms with Gasteiger partial charge in [0, 0.05) is 19.7 Å². The molecule has 1 aromatic rings. The van der Waals surface area contributed by atoms with Gasteiger partial charge >= 0.3 is 0 Å². The van der Waals surface area contributed by atoms with Crippen LogP contribution in [0.25, 0.3) is 0 Å². The summed E-state index contributed by atoms with van der Waals surface area (Å²) >= 11 is 0. The van der Waals surface area contributed by atoms with E-state index in [1.807, 2.05) is 0 Å². The summed E-state index contributed by atoms with van der Waals surface area (Å²) in [6.07, 6.45) is 0.998. The molecule has 0 aliphatic rings. The van der Waals surface area contributed by atoms with Gasteiger partial charge in [-0.2, -0.15) is 0 Å². The summed E-state index contributed by atoms with van der Waals surface area (Å²) in [7, 11) is 1.67. The van der Waals surface area contributed by atoms with Crippen LogP contribution in [0, 0.1) is 11.6 Å². The minimum absolute atomic E-state index is 0.0414. The Bertz CT molecular complexity index is 424. The molecule has 0 atom stereocenters. The van der Waals surface area contributed by atoms with Crippen molar-refractivity contribution in [3.05, 3.63) is 29.8 Å². The average Bonchev–Trinajstić information content (AvgIpc) is 2.40. The number of nitrogens with one attached hydrogen (secondary N) is 2. The minimum atomic E-state index is -0.700. The first kappa shape index (κ1) is 15.2. The molecule has 0 spiro atoms. The Morgan fingerprint density at radius 1 is 1.26 bits per heavy atom. The highest BCUT2D eigenvalue weighted by Gasteiger charge is 2.04. The highest BCUT2D eigenvalue weighted by molar-refractivity contribution is 5.79. The van der Waals surface area contributed by atoms with Crippen LogP contribution in [-0.4, -0.2) is 32.7 Å². The van der Waals surface area contributed by atoms with Gasteiger partial charge in [-0.05, 0) is 18.6 Å². The molecule has 2 N–H and O–H groups in total. The Labute approximate surface area is 111 Å². The lowest BCUT2D eigenvalue weighted by atomic mass is 10.3. The summed E-state index contributed by atoms with van der Waals surface area (Å²) in [5, 5.41) is 6.12. The van der Waals surface area contributed by atoms with Crippen LogP contribution in [0.5, 0.6) is 5.75 Å². The van der Waals surface area contributed by atoms with Crippen LogP contribution in [0.15, 0.2) is 23.2 Å². The topological polar surface area (TPSA) is 45.7 Å². The molecular weight excluding hydrogens is 252 g/mol. The number of aliphatic imine (C=N–C) groups is 1. The Morgan fingerprint density at radius 2 is 2.00 bits per heavy atom. The summed E-state index contributed by atoms with van der Waals surface area (Å²) in [6.45, 7) is 3.61. The number of halogens is 2. The van der Waals surface area contributed by atoms with Crippen LogP contribution in [0.3, 0.4) is 0 Å². The highest BCUT2D eigenvalue weighted by Crippen LogP contribution is 2.17. The van der Waals surface area contributed by atoms with Gasteiger partial charge in [-0.25, -0.2) is 8.78 Å². The summed E-state index contributed by atoms with van der Waals surface area (Å²) in [4.78, 5) is 4.01. The molecule has 0 saturated heterocycles. The number of benzene rings is 1. The molecule has 0 saturated carbocycles. The molecule has 0 unspecified atom stereocenters. The Balaban J connectivity index is 2.30. The second-order valence-corrected chi connectivity index (χ2v) is 3.85. The monoisotopic (exact) mass is 271 g/mol. The first-order chi connectivity index (χ1) is 9.17. The van der Waals surface area contributed by atoms with E-state index in [2.05, 4.69) is 22.5 Å². The highest BCUT2D eigenvalue weighted by atomic mass is 19.1. The van der Waals surface area contributed by atoms with Crippen molar-refractivity contribution in [3.63, 3.8) is 0 Å². The molecule has 106 valence electrons. The fraction of sp³-hybridized carbons (Fsp3) is 0.462. The number of guanidine groups is 1. The lowest BCUT2D eigenvalue weighted by molar-refractivity contribution is 0.304. The fourth-order valence-electron chi connectivity index (χ4n) is 1.39. The molecule has 0 aromatic heterocycles. The Hall–Kier alpha value is -1.85. The van der Waals surface area contributed by atoms with E-state index >= 15 is 0 Å². The van der Waals surface area contributed by atoms with Gasteiger partial charge in [0.2, 0.25) is 0 Å². The first-order valence-corrected chi connectivity index (χ1v) is 6.19. The second-order valence-electron chi connectivity index (χ2n) is 3.85. The number of ether oxygens (including phenoxy) is 1. The zero-order chi connectivity index (χ0) is 14.1. The lowest BCUT2D eigenvalue weighted by Crippen LogP contribution is -2.39. The normalized spacial score (nSPS) is 11.3. The van der Waals surface area contributed by atoms with Gasteiger partial charge < -0.3 is 15.4 Å². The smallest absolute Gasteiger partial charge is 0.191 e. The van der Waals surface area contributed by atoms with E-state index in [-0.39, 0.29) is 12.4 Å². The minimum Gasteiger partial charge on any atom is -0.489 e. The average molecular weight is 271 g/mol. The van der Waals surface area contributed by atoms with Crippen LogP contribution >= 0.6 is 0 Å². The summed E-state index contributed by atoms with van der Waals surface area (Å²) < 4.78 is 31.1. The molecule has 0 aliphatic heterocycles. The van der Waals surface area contributed by atoms with E-state index in [9.17, 15) is 8.78 Å². The zero-order valence-corrected chi connectivity index (χ0v) is 11.2. The third-order valence-corrected chi connectivity index (χ3v) is 2.31. The van der Waals surface area contributed by atoms with Crippen LogP contribution < -0.4 is 15.4 Å². The molecule has 0 amide bonds. The fourth-order valence-corrected chi connectivity index (χ4v) is 1.39. The van der Waals surface area contributed by atoms with E-state index in [0.29, 0.717) is 12.5 Å². The predicted octanol–water partition coefficient (Wildman–Crippen LogP) is 1.92. The molecule has 19 heavy (non-hydrogen) atoms. The van der Waals surface area contributed by atoms with Crippen molar-refractivity contribution in [3.8, 4) is 5.75 Å². The summed E-state index contributed by atoms with van der Waals surface area (Å²) in [6, 6.07) is 3.23. The largest absolute Gasteiger partial charge is 0.489 e. The molecule has 0 radical (unpaired) electrons. The Morgan fingerprint density at radius 3 is 2.63 bits per heavy atom. The van der Waals surface area contributed by atoms with Gasteiger partial charge in [-0.3, -0.25) is 4.99 Å². The molecule has 0 fully saturated rings. The standard InChI is InChI=1S/C13H19F2N3O/c1-3-6-17-13(16-2)18-7-8-19-12-5-4-10(14)9-11(12)15/h4-5,9H,3,6-8H2,1-2H3,(H2,16,17,18). The van der Waals surface area contributed by atoms with Crippen molar-refractivity contribution in [2.24, 2.45) is 4.99 Å². The lowest BCUT2D eigenvalue weighted by Gasteiger charge is -2.12. The first-order valence-electron chi connectivity index (χ1n) is 6.19. The van der Waals surface area contributed by atoms with E-state index in [1.54, 1.807) is 7.05 Å². The molecule has 4 nitrogen and oxygen atoms in total. The molecule has 1 rings (SSSR count). The maximum atomic E-state index is 13.2. The van der Waals surface area contributed by atoms with Crippen LogP contribution in [-0.2, 0) is 0 Å². The third kappa shape index (κ3) is 5.54. The maximum absolute atomic E-state index is 13.2. The Kier molecular flexibility index (Phi) is 6.63. The van der Waals surface area contributed by atoms with Crippen LogP contribution in [0.4, 0.5) is 8.78 Å². The predicted molar refractivity (Wildman–Crippen MR) is 71.5 cm³/mol. The van der Waals surface area contributed by atoms with Crippen molar-refractivity contribution >= 4 is 5.96 Å². The third-order valence-electron chi connectivity index (χ3n) is 2.31. The van der Waals surface area contributed by atoms with Gasteiger partial charge in [0.15, 0.2) is 17.5 Å². The van der Waals surface area contributed by atoms with Crippen molar-refractivity contribution in [2.45, 2.75) is 13.3 Å². The van der Waals surface area contributed by atoms with E-state index in [1.165, 1.54) is 6.07 Å². The van der Waals surface area contributed by atoms with E-state index < -0.39 is 11.6 Å². The molecule has 0 aliphatic carbocycles. The number of hydrogen-bond donors (Lipinski definition) is 2. The van der Waals surface area contributed by atoms with Crippen molar-refractivity contribution in [1.29, 1.82) is 0 Å². The summed E-state index contributed by atoms with van der Waals surface area (Å²) in [5.41, 5.74) is 0. The van der Waals surface area contributed by atoms with Gasteiger partial charge in [-0.15, -0.1) is 0 Å². The van der Waals surface area contributed by atoms with Crippen LogP contribution in [0.2, 0.25) is 0 Å². The SMILES string of the molecule is CCCNC(=NC)NCCOc1ccc(F)cc1F. The van der Waals surface area contributed by atoms with Crippen molar-refractivity contribution < 1.29 is 13.5 Å². The van der Waals surface area contributed by atoms with Gasteiger partial charge in [0.1, 0.15) is 12.4 Å². The molecule has 6 heteroatoms.